The van der Waals surface area contributed by atoms with Crippen LogP contribution in [0.5, 0.6) is 0 Å². The lowest BCUT2D eigenvalue weighted by molar-refractivity contribution is 0.101. The maximum absolute atomic E-state index is 13.1. The fourth-order valence-electron chi connectivity index (χ4n) is 2.01. The normalized spacial score (nSPS) is 10.9. The highest BCUT2D eigenvalue weighted by Crippen LogP contribution is 2.23. The second kappa shape index (κ2) is 5.13. The number of halogens is 1. The Morgan fingerprint density at radius 1 is 1.10 bits per heavy atom. The van der Waals surface area contributed by atoms with E-state index in [1.807, 2.05) is 18.4 Å². The van der Waals surface area contributed by atoms with Gasteiger partial charge >= 0.3 is 0 Å². The number of carbonyl (C=O) groups excluding carboxylic acids is 1. The second-order valence-electron chi connectivity index (χ2n) is 4.35. The van der Waals surface area contributed by atoms with Crippen molar-refractivity contribution >= 4 is 28.5 Å². The van der Waals surface area contributed by atoms with Crippen LogP contribution in [0.25, 0.3) is 11.0 Å². The third kappa shape index (κ3) is 2.34. The van der Waals surface area contributed by atoms with Crippen LogP contribution in [0, 0.1) is 5.82 Å². The summed E-state index contributed by atoms with van der Waals surface area (Å²) in [5.74, 6) is -0.321. The van der Waals surface area contributed by atoms with Gasteiger partial charge in [0.15, 0.2) is 5.76 Å². The molecule has 0 saturated heterocycles. The molecule has 0 spiro atoms. The monoisotopic (exact) mass is 286 g/mol. The summed E-state index contributed by atoms with van der Waals surface area (Å²) >= 11 is 1.61. The molecule has 0 bridgehead atoms. The number of hydrogen-bond donors (Lipinski definition) is 0. The molecule has 2 aromatic carbocycles. The first-order chi connectivity index (χ1) is 9.67. The molecule has 0 radical (unpaired) electrons. The molecule has 1 heterocycles. The van der Waals surface area contributed by atoms with E-state index in [4.69, 9.17) is 4.42 Å². The van der Waals surface area contributed by atoms with Gasteiger partial charge in [-0.3, -0.25) is 4.79 Å². The number of benzene rings is 2. The molecule has 0 saturated carbocycles. The van der Waals surface area contributed by atoms with Gasteiger partial charge in [-0.25, -0.2) is 4.39 Å². The van der Waals surface area contributed by atoms with E-state index in [0.717, 1.165) is 4.90 Å². The van der Waals surface area contributed by atoms with E-state index >= 15 is 0 Å². The molecule has 0 aliphatic rings. The number of furan rings is 1. The number of fused-ring (bicyclic) bond motifs is 1. The molecular formula is C16H11FO2S. The van der Waals surface area contributed by atoms with Crippen molar-refractivity contribution in [3.8, 4) is 0 Å². The Morgan fingerprint density at radius 3 is 2.55 bits per heavy atom. The van der Waals surface area contributed by atoms with Crippen molar-refractivity contribution in [2.75, 3.05) is 6.26 Å². The van der Waals surface area contributed by atoms with Gasteiger partial charge in [0, 0.05) is 15.8 Å². The predicted octanol–water partition coefficient (Wildman–Crippen LogP) is 4.52. The Kier molecular flexibility index (Phi) is 3.32. The first-order valence-electron chi connectivity index (χ1n) is 6.05. The molecule has 0 unspecified atom stereocenters. The van der Waals surface area contributed by atoms with Crippen molar-refractivity contribution in [1.29, 1.82) is 0 Å². The van der Waals surface area contributed by atoms with Crippen LogP contribution in [0.2, 0.25) is 0 Å². The van der Waals surface area contributed by atoms with Crippen molar-refractivity contribution in [1.82, 2.24) is 0 Å². The van der Waals surface area contributed by atoms with Gasteiger partial charge in [0.2, 0.25) is 5.78 Å². The number of ketones is 1. The molecule has 0 fully saturated rings. The Balaban J connectivity index is 1.98. The smallest absolute Gasteiger partial charge is 0.228 e. The fraction of sp³-hybridized carbons (Fsp3) is 0.0625. The van der Waals surface area contributed by atoms with E-state index in [1.54, 1.807) is 30.0 Å². The van der Waals surface area contributed by atoms with E-state index in [0.29, 0.717) is 16.5 Å². The van der Waals surface area contributed by atoms with Gasteiger partial charge in [-0.1, -0.05) is 0 Å². The lowest BCUT2D eigenvalue weighted by Crippen LogP contribution is -1.98. The molecule has 0 amide bonds. The quantitative estimate of drug-likeness (QED) is 0.523. The van der Waals surface area contributed by atoms with Crippen molar-refractivity contribution in [3.63, 3.8) is 0 Å². The molecule has 4 heteroatoms. The van der Waals surface area contributed by atoms with Crippen molar-refractivity contribution in [2.24, 2.45) is 0 Å². The van der Waals surface area contributed by atoms with Crippen LogP contribution in [0.1, 0.15) is 16.1 Å². The average Bonchev–Trinajstić information content (AvgIpc) is 2.89. The van der Waals surface area contributed by atoms with Gasteiger partial charge in [-0.2, -0.15) is 0 Å². The zero-order valence-corrected chi connectivity index (χ0v) is 11.5. The lowest BCUT2D eigenvalue weighted by atomic mass is 10.1. The van der Waals surface area contributed by atoms with E-state index < -0.39 is 0 Å². The van der Waals surface area contributed by atoms with E-state index in [2.05, 4.69) is 0 Å². The molecule has 1 aromatic heterocycles. The summed E-state index contributed by atoms with van der Waals surface area (Å²) in [6.45, 7) is 0. The highest BCUT2D eigenvalue weighted by Gasteiger charge is 2.14. The number of hydrogen-bond acceptors (Lipinski definition) is 3. The van der Waals surface area contributed by atoms with Crippen LogP contribution in [0.15, 0.2) is 57.8 Å². The average molecular weight is 286 g/mol. The molecule has 0 aliphatic carbocycles. The summed E-state index contributed by atoms with van der Waals surface area (Å²) in [7, 11) is 0. The summed E-state index contributed by atoms with van der Waals surface area (Å²) in [6.07, 6.45) is 1.98. The van der Waals surface area contributed by atoms with Gasteiger partial charge in [0.25, 0.3) is 0 Å². The third-order valence-corrected chi connectivity index (χ3v) is 3.80. The Morgan fingerprint density at radius 2 is 1.85 bits per heavy atom. The first kappa shape index (κ1) is 12.9. The van der Waals surface area contributed by atoms with Gasteiger partial charge < -0.3 is 4.42 Å². The van der Waals surface area contributed by atoms with Crippen LogP contribution in [0.4, 0.5) is 4.39 Å². The standard InChI is InChI=1S/C16H11FO2S/c1-20-13-5-2-10(3-6-13)16(18)15-9-11-8-12(17)4-7-14(11)19-15/h2-9H,1H3. The zero-order valence-electron chi connectivity index (χ0n) is 10.7. The molecule has 20 heavy (non-hydrogen) atoms. The maximum Gasteiger partial charge on any atom is 0.228 e. The number of rotatable bonds is 3. The molecule has 0 N–H and O–H groups in total. The first-order valence-corrected chi connectivity index (χ1v) is 7.28. The van der Waals surface area contributed by atoms with Crippen molar-refractivity contribution in [3.05, 3.63) is 65.7 Å². The van der Waals surface area contributed by atoms with Crippen LogP contribution < -0.4 is 0 Å². The van der Waals surface area contributed by atoms with E-state index in [1.165, 1.54) is 18.2 Å². The molecule has 0 atom stereocenters. The number of carbonyl (C=O) groups is 1. The Bertz CT molecular complexity index is 775. The summed E-state index contributed by atoms with van der Waals surface area (Å²) in [5.41, 5.74) is 1.07. The summed E-state index contributed by atoms with van der Waals surface area (Å²) in [5, 5.41) is 0.592. The fourth-order valence-corrected chi connectivity index (χ4v) is 2.42. The minimum atomic E-state index is -0.346. The van der Waals surface area contributed by atoms with Crippen molar-refractivity contribution in [2.45, 2.75) is 4.90 Å². The van der Waals surface area contributed by atoms with E-state index in [9.17, 15) is 9.18 Å². The van der Waals surface area contributed by atoms with Crippen LogP contribution in [-0.2, 0) is 0 Å². The molecule has 0 aliphatic heterocycles. The molecular weight excluding hydrogens is 275 g/mol. The highest BCUT2D eigenvalue weighted by atomic mass is 32.2. The van der Waals surface area contributed by atoms with Crippen LogP contribution in [0.3, 0.4) is 0 Å². The maximum atomic E-state index is 13.1. The summed E-state index contributed by atoms with van der Waals surface area (Å²) in [4.78, 5) is 13.4. The molecule has 100 valence electrons. The van der Waals surface area contributed by atoms with Gasteiger partial charge in [0.05, 0.1) is 0 Å². The third-order valence-electron chi connectivity index (χ3n) is 3.05. The SMILES string of the molecule is CSc1ccc(C(=O)c2cc3cc(F)ccc3o2)cc1. The highest BCUT2D eigenvalue weighted by molar-refractivity contribution is 7.98. The molecule has 2 nitrogen and oxygen atoms in total. The minimum Gasteiger partial charge on any atom is -0.453 e. The topological polar surface area (TPSA) is 30.2 Å². The largest absolute Gasteiger partial charge is 0.453 e. The summed E-state index contributed by atoms with van der Waals surface area (Å²) in [6, 6.07) is 13.1. The van der Waals surface area contributed by atoms with Gasteiger partial charge in [0.1, 0.15) is 11.4 Å². The van der Waals surface area contributed by atoms with E-state index in [-0.39, 0.29) is 17.4 Å². The number of thioether (sulfide) groups is 1. The Labute approximate surface area is 119 Å². The zero-order chi connectivity index (χ0) is 14.1. The van der Waals surface area contributed by atoms with Gasteiger partial charge in [-0.15, -0.1) is 11.8 Å². The Hall–Kier alpha value is -2.07. The van der Waals surface area contributed by atoms with Crippen LogP contribution >= 0.6 is 11.8 Å². The predicted molar refractivity (Wildman–Crippen MR) is 77.8 cm³/mol. The minimum absolute atomic E-state index is 0.200. The summed E-state index contributed by atoms with van der Waals surface area (Å²) < 4.78 is 18.6. The second-order valence-corrected chi connectivity index (χ2v) is 5.23. The van der Waals surface area contributed by atoms with Crippen molar-refractivity contribution < 1.29 is 13.6 Å². The van der Waals surface area contributed by atoms with Gasteiger partial charge in [-0.05, 0) is 54.8 Å². The lowest BCUT2D eigenvalue weighted by Gasteiger charge is -1.99. The molecule has 3 rings (SSSR count). The van der Waals surface area contributed by atoms with Crippen LogP contribution in [-0.4, -0.2) is 12.0 Å². The molecule has 3 aromatic rings.